The molecule has 3 aliphatic rings. The van der Waals surface area contributed by atoms with Crippen LogP contribution in [0.25, 0.3) is 0 Å². The molecule has 4 rings (SSSR count). The molecule has 0 radical (unpaired) electrons. The van der Waals surface area contributed by atoms with Gasteiger partial charge < -0.3 is 4.90 Å². The number of hydrogen-bond acceptors (Lipinski definition) is 3. The van der Waals surface area contributed by atoms with Crippen LogP contribution in [0.4, 0.5) is 5.82 Å². The average molecular weight is 265 g/mol. The van der Waals surface area contributed by atoms with Gasteiger partial charge in [0.05, 0.1) is 0 Å². The van der Waals surface area contributed by atoms with Crippen molar-refractivity contribution in [1.29, 1.82) is 0 Å². The minimum atomic E-state index is 1.01. The SMILES string of the molecule is CN1CCN2C(=C3C=CCC=C3Cc3cccnc32)C1. The third kappa shape index (κ3) is 1.81. The summed E-state index contributed by atoms with van der Waals surface area (Å²) in [5.74, 6) is 1.16. The zero-order valence-corrected chi connectivity index (χ0v) is 11.8. The first-order valence-corrected chi connectivity index (χ1v) is 7.32. The van der Waals surface area contributed by atoms with E-state index in [2.05, 4.69) is 52.2 Å². The Kier molecular flexibility index (Phi) is 2.74. The van der Waals surface area contributed by atoms with Gasteiger partial charge in [-0.1, -0.05) is 24.3 Å². The number of piperazine rings is 1. The number of aromatic nitrogens is 1. The average Bonchev–Trinajstić information content (AvgIpc) is 2.61. The van der Waals surface area contributed by atoms with Gasteiger partial charge >= 0.3 is 0 Å². The number of rotatable bonds is 0. The summed E-state index contributed by atoms with van der Waals surface area (Å²) in [6, 6.07) is 4.28. The van der Waals surface area contributed by atoms with E-state index >= 15 is 0 Å². The van der Waals surface area contributed by atoms with Crippen LogP contribution in [0.15, 0.2) is 53.4 Å². The van der Waals surface area contributed by atoms with Gasteiger partial charge in [0, 0.05) is 37.9 Å². The maximum absolute atomic E-state index is 4.67. The number of hydrogen-bond donors (Lipinski definition) is 0. The Balaban J connectivity index is 1.92. The summed E-state index contributed by atoms with van der Waals surface area (Å²) >= 11 is 0. The minimum Gasteiger partial charge on any atom is -0.327 e. The Bertz CT molecular complexity index is 639. The highest BCUT2D eigenvalue weighted by Crippen LogP contribution is 2.36. The van der Waals surface area contributed by atoms with Crippen molar-refractivity contribution in [1.82, 2.24) is 9.88 Å². The van der Waals surface area contributed by atoms with E-state index in [-0.39, 0.29) is 0 Å². The largest absolute Gasteiger partial charge is 0.327 e. The minimum absolute atomic E-state index is 1.01. The van der Waals surface area contributed by atoms with Crippen molar-refractivity contribution in [3.05, 3.63) is 59.0 Å². The molecule has 3 nitrogen and oxygen atoms in total. The van der Waals surface area contributed by atoms with E-state index in [0.717, 1.165) is 38.3 Å². The predicted molar refractivity (Wildman–Crippen MR) is 81.7 cm³/mol. The zero-order chi connectivity index (χ0) is 13.5. The first kappa shape index (κ1) is 11.9. The molecular weight excluding hydrogens is 246 g/mol. The van der Waals surface area contributed by atoms with Crippen molar-refractivity contribution in [2.75, 3.05) is 31.6 Å². The highest BCUT2D eigenvalue weighted by atomic mass is 15.3. The van der Waals surface area contributed by atoms with Gasteiger partial charge in [0.25, 0.3) is 0 Å². The molecule has 1 fully saturated rings. The van der Waals surface area contributed by atoms with Gasteiger partial charge in [-0.15, -0.1) is 0 Å². The Morgan fingerprint density at radius 2 is 2.20 bits per heavy atom. The summed E-state index contributed by atoms with van der Waals surface area (Å²) in [6.45, 7) is 3.13. The summed E-state index contributed by atoms with van der Waals surface area (Å²) in [5, 5.41) is 0. The molecule has 102 valence electrons. The Morgan fingerprint density at radius 3 is 3.15 bits per heavy atom. The zero-order valence-electron chi connectivity index (χ0n) is 11.8. The van der Waals surface area contributed by atoms with E-state index in [1.54, 1.807) is 0 Å². The molecule has 1 saturated heterocycles. The first-order valence-electron chi connectivity index (χ1n) is 7.32. The summed E-state index contributed by atoms with van der Waals surface area (Å²) < 4.78 is 0. The van der Waals surface area contributed by atoms with Crippen molar-refractivity contribution >= 4 is 5.82 Å². The van der Waals surface area contributed by atoms with Crippen LogP contribution in [-0.2, 0) is 6.42 Å². The molecule has 1 aliphatic carbocycles. The smallest absolute Gasteiger partial charge is 0.136 e. The summed E-state index contributed by atoms with van der Waals surface area (Å²) in [6.07, 6.45) is 10.9. The molecule has 20 heavy (non-hydrogen) atoms. The van der Waals surface area contributed by atoms with Gasteiger partial charge in [0.2, 0.25) is 0 Å². The maximum atomic E-state index is 4.67. The predicted octanol–water partition coefficient (Wildman–Crippen LogP) is 2.53. The van der Waals surface area contributed by atoms with E-state index in [1.807, 2.05) is 6.20 Å². The monoisotopic (exact) mass is 265 g/mol. The lowest BCUT2D eigenvalue weighted by atomic mass is 9.93. The molecule has 0 spiro atoms. The highest BCUT2D eigenvalue weighted by Gasteiger charge is 2.29. The molecule has 0 unspecified atom stereocenters. The van der Waals surface area contributed by atoms with Crippen molar-refractivity contribution in [3.8, 4) is 0 Å². The Hall–Kier alpha value is -1.87. The second-order valence-corrected chi connectivity index (χ2v) is 5.78. The van der Waals surface area contributed by atoms with Gasteiger partial charge in [-0.3, -0.25) is 4.90 Å². The number of pyridine rings is 1. The normalized spacial score (nSPS) is 21.9. The van der Waals surface area contributed by atoms with Crippen LogP contribution < -0.4 is 4.90 Å². The lowest BCUT2D eigenvalue weighted by Crippen LogP contribution is -2.43. The summed E-state index contributed by atoms with van der Waals surface area (Å²) in [5.41, 5.74) is 5.65. The molecule has 1 aromatic rings. The molecule has 1 aromatic heterocycles. The van der Waals surface area contributed by atoms with Crippen LogP contribution in [0.1, 0.15) is 12.0 Å². The van der Waals surface area contributed by atoms with E-state index in [1.165, 1.54) is 22.4 Å². The number of fused-ring (bicyclic) bond motifs is 4. The van der Waals surface area contributed by atoms with Crippen LogP contribution in [-0.4, -0.2) is 36.6 Å². The molecule has 3 heterocycles. The number of allylic oxidation sites excluding steroid dienone is 5. The lowest BCUT2D eigenvalue weighted by Gasteiger charge is -2.36. The quantitative estimate of drug-likeness (QED) is 0.718. The van der Waals surface area contributed by atoms with Gasteiger partial charge in [-0.2, -0.15) is 0 Å². The fraction of sp³-hybridized carbons (Fsp3) is 0.353. The molecule has 2 aliphatic heterocycles. The number of likely N-dealkylation sites (N-methyl/N-ethyl adjacent to an activating group) is 1. The van der Waals surface area contributed by atoms with Crippen LogP contribution in [0, 0.1) is 0 Å². The fourth-order valence-electron chi connectivity index (χ4n) is 3.37. The Labute approximate surface area is 119 Å². The van der Waals surface area contributed by atoms with Crippen LogP contribution in [0.2, 0.25) is 0 Å². The van der Waals surface area contributed by atoms with E-state index in [9.17, 15) is 0 Å². The fourth-order valence-corrected chi connectivity index (χ4v) is 3.37. The summed E-state index contributed by atoms with van der Waals surface area (Å²) in [7, 11) is 2.20. The van der Waals surface area contributed by atoms with Crippen LogP contribution >= 0.6 is 0 Å². The molecule has 3 heteroatoms. The van der Waals surface area contributed by atoms with Crippen molar-refractivity contribution in [3.63, 3.8) is 0 Å². The van der Waals surface area contributed by atoms with Gasteiger partial charge in [0.15, 0.2) is 0 Å². The highest BCUT2D eigenvalue weighted by molar-refractivity contribution is 5.64. The van der Waals surface area contributed by atoms with Crippen LogP contribution in [0.5, 0.6) is 0 Å². The van der Waals surface area contributed by atoms with Gasteiger partial charge in [-0.25, -0.2) is 4.98 Å². The van der Waals surface area contributed by atoms with Gasteiger partial charge in [0.1, 0.15) is 5.82 Å². The molecule has 0 bridgehead atoms. The Morgan fingerprint density at radius 1 is 1.25 bits per heavy atom. The van der Waals surface area contributed by atoms with E-state index in [0.29, 0.717) is 0 Å². The summed E-state index contributed by atoms with van der Waals surface area (Å²) in [4.78, 5) is 9.50. The standard InChI is InChI=1S/C17H19N3/c1-19-9-10-20-16(12-19)15-7-3-2-5-13(15)11-14-6-4-8-18-17(14)20/h3-8H,2,9-12H2,1H3. The topological polar surface area (TPSA) is 19.4 Å². The third-order valence-corrected chi connectivity index (χ3v) is 4.40. The van der Waals surface area contributed by atoms with Crippen molar-refractivity contribution in [2.24, 2.45) is 0 Å². The molecule has 0 aromatic carbocycles. The molecule has 0 amide bonds. The maximum Gasteiger partial charge on any atom is 0.136 e. The molecule has 0 saturated carbocycles. The molecular formula is C17H19N3. The second kappa shape index (κ2) is 4.60. The van der Waals surface area contributed by atoms with Gasteiger partial charge in [-0.05, 0) is 36.2 Å². The molecule has 0 atom stereocenters. The number of anilines is 1. The number of nitrogens with zero attached hydrogens (tertiary/aromatic N) is 3. The first-order chi connectivity index (χ1) is 9.83. The van der Waals surface area contributed by atoms with Crippen molar-refractivity contribution in [2.45, 2.75) is 12.8 Å². The molecule has 0 N–H and O–H groups in total. The van der Waals surface area contributed by atoms with Crippen LogP contribution in [0.3, 0.4) is 0 Å². The van der Waals surface area contributed by atoms with E-state index < -0.39 is 0 Å². The third-order valence-electron chi connectivity index (χ3n) is 4.40. The van der Waals surface area contributed by atoms with E-state index in [4.69, 9.17) is 0 Å². The van der Waals surface area contributed by atoms with Crippen molar-refractivity contribution < 1.29 is 0 Å². The lowest BCUT2D eigenvalue weighted by molar-refractivity contribution is 0.338. The second-order valence-electron chi connectivity index (χ2n) is 5.78.